The van der Waals surface area contributed by atoms with Gasteiger partial charge >= 0.3 is 5.97 Å². The fourth-order valence-corrected chi connectivity index (χ4v) is 1.84. The van der Waals surface area contributed by atoms with E-state index >= 15 is 0 Å². The Labute approximate surface area is 135 Å². The van der Waals surface area contributed by atoms with Gasteiger partial charge in [-0.05, 0) is 24.4 Å². The Bertz CT molecular complexity index is 669. The van der Waals surface area contributed by atoms with Gasteiger partial charge in [0.2, 0.25) is 0 Å². The first-order chi connectivity index (χ1) is 11.0. The summed E-state index contributed by atoms with van der Waals surface area (Å²) in [6.07, 6.45) is 0. The van der Waals surface area contributed by atoms with Gasteiger partial charge in [-0.2, -0.15) is 0 Å². The summed E-state index contributed by atoms with van der Waals surface area (Å²) < 4.78 is 9.01. The molecule has 1 amide bonds. The maximum absolute atomic E-state index is 12.0. The minimum atomic E-state index is -0.492. The lowest BCUT2D eigenvalue weighted by Gasteiger charge is -2.09. The van der Waals surface area contributed by atoms with Crippen LogP contribution in [0, 0.1) is 0 Å². The predicted octanol–water partition coefficient (Wildman–Crippen LogP) is 1.98. The molecule has 0 saturated heterocycles. The van der Waals surface area contributed by atoms with E-state index < -0.39 is 5.97 Å². The number of benzene rings is 2. The molecule has 23 heavy (non-hydrogen) atoms. The van der Waals surface area contributed by atoms with Crippen LogP contribution in [0.3, 0.4) is 0 Å². The molecule has 0 atom stereocenters. The molecule has 0 aromatic heterocycles. The number of nitrogens with two attached hydrogens (primary N) is 1. The largest absolute Gasteiger partial charge is 0.468 e. The molecule has 0 spiro atoms. The van der Waals surface area contributed by atoms with Crippen molar-refractivity contribution in [1.29, 1.82) is 0 Å². The van der Waals surface area contributed by atoms with Gasteiger partial charge in [-0.3, -0.25) is 9.59 Å². The molecule has 6 heteroatoms. The van der Waals surface area contributed by atoms with Gasteiger partial charge in [-0.1, -0.05) is 24.3 Å². The highest BCUT2D eigenvalue weighted by Crippen LogP contribution is 2.24. The topological polar surface area (TPSA) is 90.6 Å². The Balaban J connectivity index is 0.000000593. The van der Waals surface area contributed by atoms with Gasteiger partial charge < -0.3 is 20.5 Å². The van der Waals surface area contributed by atoms with Gasteiger partial charge in [-0.25, -0.2) is 0 Å². The lowest BCUT2D eigenvalue weighted by molar-refractivity contribution is -0.139. The second kappa shape index (κ2) is 9.42. The monoisotopic (exact) mass is 318 g/mol. The maximum atomic E-state index is 12.0. The first-order valence-corrected chi connectivity index (χ1v) is 7.16. The Kier molecular flexibility index (Phi) is 7.56. The van der Waals surface area contributed by atoms with Crippen molar-refractivity contribution in [2.75, 3.05) is 33.1 Å². The van der Waals surface area contributed by atoms with E-state index in [1.807, 2.05) is 31.2 Å². The number of amides is 1. The average Bonchev–Trinajstić information content (AvgIpc) is 2.60. The molecule has 3 N–H and O–H groups in total. The second-order valence-electron chi connectivity index (χ2n) is 4.58. The highest BCUT2D eigenvalue weighted by molar-refractivity contribution is 6.10. The number of methoxy groups -OCH3 is 2. The van der Waals surface area contributed by atoms with Crippen molar-refractivity contribution in [3.8, 4) is 0 Å². The highest BCUT2D eigenvalue weighted by Gasteiger charge is 2.12. The molecule has 124 valence electrons. The van der Waals surface area contributed by atoms with Crippen molar-refractivity contribution in [2.24, 2.45) is 0 Å². The Morgan fingerprint density at radius 2 is 1.70 bits per heavy atom. The molecule has 0 radical (unpaired) electrons. The fraction of sp³-hybridized carbons (Fsp3) is 0.294. The quantitative estimate of drug-likeness (QED) is 0.664. The van der Waals surface area contributed by atoms with Crippen LogP contribution < -0.4 is 11.1 Å². The number of nitrogens with one attached hydrogen (secondary N) is 1. The molecule has 2 aromatic carbocycles. The highest BCUT2D eigenvalue weighted by atomic mass is 16.5. The normalized spacial score (nSPS) is 9.70. The first kappa shape index (κ1) is 18.4. The zero-order chi connectivity index (χ0) is 17.2. The van der Waals surface area contributed by atoms with Gasteiger partial charge in [0.15, 0.2) is 0 Å². The molecule has 0 heterocycles. The Morgan fingerprint density at radius 1 is 1.09 bits per heavy atom. The predicted molar refractivity (Wildman–Crippen MR) is 90.3 cm³/mol. The zero-order valence-corrected chi connectivity index (χ0v) is 13.6. The van der Waals surface area contributed by atoms with E-state index in [1.54, 1.807) is 19.2 Å². The number of rotatable bonds is 4. The lowest BCUT2D eigenvalue weighted by Crippen LogP contribution is -2.30. The summed E-state index contributed by atoms with van der Waals surface area (Å²) in [5, 5.41) is 4.07. The molecule has 0 fully saturated rings. The zero-order valence-electron chi connectivity index (χ0n) is 13.6. The van der Waals surface area contributed by atoms with Crippen LogP contribution in [0.1, 0.15) is 17.3 Å². The summed E-state index contributed by atoms with van der Waals surface area (Å²) in [4.78, 5) is 23.0. The van der Waals surface area contributed by atoms with Crippen LogP contribution >= 0.6 is 0 Å². The number of hydrogen-bond donors (Lipinski definition) is 2. The number of esters is 1. The van der Waals surface area contributed by atoms with Crippen LogP contribution in [0.5, 0.6) is 0 Å². The van der Waals surface area contributed by atoms with Crippen LogP contribution in [0.4, 0.5) is 5.69 Å². The van der Waals surface area contributed by atoms with Gasteiger partial charge in [0, 0.05) is 30.4 Å². The minimum absolute atomic E-state index is 0.159. The molecular formula is C17H22N2O4. The Hall–Kier alpha value is -2.60. The standard InChI is InChI=1S/C14H14N2O3.C3H8O/c1-19-13(17)8-16-14(18)11-6-7-12(15)10-5-3-2-4-9(10)11;1-3-4-2/h2-7H,8,15H2,1H3,(H,16,18);3H2,1-2H3. The van der Waals surface area contributed by atoms with Crippen molar-refractivity contribution in [2.45, 2.75) is 6.92 Å². The number of anilines is 1. The first-order valence-electron chi connectivity index (χ1n) is 7.16. The molecule has 0 aliphatic heterocycles. The molecule has 2 aromatic rings. The summed E-state index contributed by atoms with van der Waals surface area (Å²) in [6.45, 7) is 2.62. The van der Waals surface area contributed by atoms with E-state index in [1.165, 1.54) is 7.11 Å². The van der Waals surface area contributed by atoms with E-state index in [-0.39, 0.29) is 12.5 Å². The number of ether oxygens (including phenoxy) is 2. The van der Waals surface area contributed by atoms with E-state index in [0.29, 0.717) is 11.3 Å². The summed E-state index contributed by atoms with van der Waals surface area (Å²) in [5.74, 6) is -0.824. The van der Waals surface area contributed by atoms with E-state index in [2.05, 4.69) is 14.8 Å². The van der Waals surface area contributed by atoms with Crippen LogP contribution in [-0.2, 0) is 14.3 Å². The number of fused-ring (bicyclic) bond motifs is 1. The number of nitrogen functional groups attached to an aromatic ring is 1. The molecule has 0 aliphatic rings. The molecule has 6 nitrogen and oxygen atoms in total. The van der Waals surface area contributed by atoms with Gasteiger partial charge in [0.05, 0.1) is 7.11 Å². The molecule has 0 bridgehead atoms. The third-order valence-corrected chi connectivity index (χ3v) is 3.11. The molecule has 0 aliphatic carbocycles. The van der Waals surface area contributed by atoms with Crippen molar-refractivity contribution in [3.05, 3.63) is 42.0 Å². The van der Waals surface area contributed by atoms with E-state index in [0.717, 1.165) is 17.4 Å². The van der Waals surface area contributed by atoms with Crippen LogP contribution in [-0.4, -0.2) is 39.2 Å². The minimum Gasteiger partial charge on any atom is -0.468 e. The summed E-state index contributed by atoms with van der Waals surface area (Å²) in [7, 11) is 2.95. The molecule has 2 rings (SSSR count). The van der Waals surface area contributed by atoms with Crippen LogP contribution in [0.15, 0.2) is 36.4 Å². The van der Waals surface area contributed by atoms with Crippen LogP contribution in [0.25, 0.3) is 10.8 Å². The Morgan fingerprint density at radius 3 is 2.26 bits per heavy atom. The van der Waals surface area contributed by atoms with Crippen LogP contribution in [0.2, 0.25) is 0 Å². The summed E-state index contributed by atoms with van der Waals surface area (Å²) in [6, 6.07) is 10.7. The third-order valence-electron chi connectivity index (χ3n) is 3.11. The number of carbonyl (C=O) groups excluding carboxylic acids is 2. The smallest absolute Gasteiger partial charge is 0.325 e. The number of carbonyl (C=O) groups is 2. The molecule has 0 unspecified atom stereocenters. The van der Waals surface area contributed by atoms with Crippen molar-refractivity contribution in [3.63, 3.8) is 0 Å². The maximum Gasteiger partial charge on any atom is 0.325 e. The van der Waals surface area contributed by atoms with Gasteiger partial charge in [-0.15, -0.1) is 0 Å². The third kappa shape index (κ3) is 5.27. The average molecular weight is 318 g/mol. The van der Waals surface area contributed by atoms with E-state index in [9.17, 15) is 9.59 Å². The van der Waals surface area contributed by atoms with Crippen molar-refractivity contribution < 1.29 is 19.1 Å². The molecular weight excluding hydrogens is 296 g/mol. The summed E-state index contributed by atoms with van der Waals surface area (Å²) in [5.41, 5.74) is 6.95. The van der Waals surface area contributed by atoms with Crippen molar-refractivity contribution in [1.82, 2.24) is 5.32 Å². The summed E-state index contributed by atoms with van der Waals surface area (Å²) >= 11 is 0. The number of hydrogen-bond acceptors (Lipinski definition) is 5. The lowest BCUT2D eigenvalue weighted by atomic mass is 10.0. The SMILES string of the molecule is CCOC.COC(=O)CNC(=O)c1ccc(N)c2ccccc12. The van der Waals surface area contributed by atoms with Gasteiger partial charge in [0.1, 0.15) is 6.54 Å². The van der Waals surface area contributed by atoms with Gasteiger partial charge in [0.25, 0.3) is 5.91 Å². The fourth-order valence-electron chi connectivity index (χ4n) is 1.84. The van der Waals surface area contributed by atoms with E-state index in [4.69, 9.17) is 5.73 Å². The van der Waals surface area contributed by atoms with Crippen molar-refractivity contribution >= 4 is 28.3 Å². The second-order valence-corrected chi connectivity index (χ2v) is 4.58. The molecule has 0 saturated carbocycles.